The van der Waals surface area contributed by atoms with Crippen LogP contribution in [0, 0.1) is 0 Å². The van der Waals surface area contributed by atoms with Crippen molar-refractivity contribution in [2.24, 2.45) is 0 Å². The molecule has 2 atom stereocenters. The zero-order valence-electron chi connectivity index (χ0n) is 19.0. The summed E-state index contributed by atoms with van der Waals surface area (Å²) in [5.41, 5.74) is 1.77. The maximum absolute atomic E-state index is 12.8. The van der Waals surface area contributed by atoms with Gasteiger partial charge in [0.25, 0.3) is 0 Å². The molecule has 1 unspecified atom stereocenters. The number of ether oxygens (including phenoxy) is 4. The zero-order valence-corrected chi connectivity index (χ0v) is 19.0. The molecule has 1 aliphatic rings. The highest BCUT2D eigenvalue weighted by Crippen LogP contribution is 2.31. The minimum atomic E-state index is -1.06. The second kappa shape index (κ2) is 12.1. The van der Waals surface area contributed by atoms with E-state index < -0.39 is 18.7 Å². The van der Waals surface area contributed by atoms with Crippen molar-refractivity contribution in [3.8, 4) is 17.2 Å². The molecule has 2 aromatic rings. The van der Waals surface area contributed by atoms with Crippen molar-refractivity contribution >= 4 is 11.9 Å². The molecule has 0 aliphatic carbocycles. The van der Waals surface area contributed by atoms with Gasteiger partial charge >= 0.3 is 11.9 Å². The lowest BCUT2D eigenvalue weighted by molar-refractivity contribution is -0.153. The molecule has 0 amide bonds. The minimum absolute atomic E-state index is 0.274. The lowest BCUT2D eigenvalue weighted by Gasteiger charge is -2.25. The van der Waals surface area contributed by atoms with Gasteiger partial charge in [0.05, 0.1) is 14.2 Å². The van der Waals surface area contributed by atoms with E-state index >= 15 is 0 Å². The van der Waals surface area contributed by atoms with Crippen LogP contribution in [0.25, 0.3) is 0 Å². The van der Waals surface area contributed by atoms with Crippen LogP contribution in [0.2, 0.25) is 0 Å². The van der Waals surface area contributed by atoms with Crippen LogP contribution in [0.3, 0.4) is 0 Å². The van der Waals surface area contributed by atoms with Crippen LogP contribution in [-0.2, 0) is 20.7 Å². The highest BCUT2D eigenvalue weighted by Gasteiger charge is 2.26. The summed E-state index contributed by atoms with van der Waals surface area (Å²) < 4.78 is 22.0. The van der Waals surface area contributed by atoms with Crippen LogP contribution in [-0.4, -0.2) is 50.5 Å². The van der Waals surface area contributed by atoms with E-state index in [4.69, 9.17) is 24.1 Å². The molecule has 0 bridgehead atoms. The van der Waals surface area contributed by atoms with Gasteiger partial charge in [0.2, 0.25) is 0 Å². The predicted molar refractivity (Wildman–Crippen MR) is 122 cm³/mol. The van der Waals surface area contributed by atoms with E-state index in [1.165, 1.54) is 0 Å². The van der Waals surface area contributed by atoms with Crippen LogP contribution in [0.15, 0.2) is 42.5 Å². The molecule has 0 saturated carbocycles. The third-order valence-corrected chi connectivity index (χ3v) is 5.59. The van der Waals surface area contributed by atoms with Crippen molar-refractivity contribution in [3.05, 3.63) is 53.6 Å². The Morgan fingerprint density at radius 2 is 1.91 bits per heavy atom. The first-order chi connectivity index (χ1) is 16.0. The van der Waals surface area contributed by atoms with Crippen molar-refractivity contribution in [1.29, 1.82) is 0 Å². The summed E-state index contributed by atoms with van der Waals surface area (Å²) in [5, 5.41) is 12.1. The molecule has 0 spiro atoms. The topological polar surface area (TPSA) is 103 Å². The molecule has 33 heavy (non-hydrogen) atoms. The quantitative estimate of drug-likeness (QED) is 0.494. The fourth-order valence-corrected chi connectivity index (χ4v) is 3.85. The average Bonchev–Trinajstić information content (AvgIpc) is 2.85. The Bertz CT molecular complexity index is 940. The number of esters is 1. The molecule has 0 aromatic heterocycles. The van der Waals surface area contributed by atoms with Gasteiger partial charge in [0.15, 0.2) is 18.1 Å². The van der Waals surface area contributed by atoms with Gasteiger partial charge in [-0.05, 0) is 67.6 Å². The molecule has 1 fully saturated rings. The molecule has 3 rings (SSSR count). The van der Waals surface area contributed by atoms with E-state index in [0.29, 0.717) is 30.1 Å². The highest BCUT2D eigenvalue weighted by molar-refractivity contribution is 5.76. The third-order valence-electron chi connectivity index (χ3n) is 5.59. The van der Waals surface area contributed by atoms with Crippen LogP contribution in [0.4, 0.5) is 0 Å². The van der Waals surface area contributed by atoms with E-state index in [1.807, 2.05) is 24.3 Å². The standard InChI is InChI=1S/C25H31NO7/c1-30-22-12-10-17(14-23(22)31-2)9-11-21(33-25(29)20-8-3-4-13-26-20)18-6-5-7-19(15-18)32-16-24(27)28/h5-7,10,12,14-15,20-21,26H,3-4,8-9,11,13,16H2,1-2H3,(H,27,28)/t20-,21?/m0/s1. The molecule has 1 saturated heterocycles. The SMILES string of the molecule is COc1ccc(CCC(OC(=O)[C@@H]2CCCCN2)c2cccc(OCC(=O)O)c2)cc1OC. The van der Waals surface area contributed by atoms with Gasteiger partial charge in [-0.2, -0.15) is 0 Å². The molecular formula is C25H31NO7. The van der Waals surface area contributed by atoms with Crippen LogP contribution in [0.5, 0.6) is 17.2 Å². The van der Waals surface area contributed by atoms with E-state index in [1.54, 1.807) is 32.4 Å². The van der Waals surface area contributed by atoms with Crippen LogP contribution >= 0.6 is 0 Å². The monoisotopic (exact) mass is 457 g/mol. The zero-order chi connectivity index (χ0) is 23.6. The number of rotatable bonds is 11. The number of carboxylic acids is 1. The third kappa shape index (κ3) is 7.12. The van der Waals surface area contributed by atoms with Gasteiger partial charge in [-0.3, -0.25) is 4.79 Å². The van der Waals surface area contributed by atoms with Gasteiger partial charge in [-0.1, -0.05) is 24.6 Å². The fourth-order valence-electron chi connectivity index (χ4n) is 3.85. The molecule has 1 aliphatic heterocycles. The summed E-state index contributed by atoms with van der Waals surface area (Å²) in [6.45, 7) is 0.361. The number of methoxy groups -OCH3 is 2. The molecule has 178 valence electrons. The first-order valence-corrected chi connectivity index (χ1v) is 11.1. The van der Waals surface area contributed by atoms with Crippen molar-refractivity contribution in [2.75, 3.05) is 27.4 Å². The van der Waals surface area contributed by atoms with Crippen LogP contribution < -0.4 is 19.5 Å². The lowest BCUT2D eigenvalue weighted by atomic mass is 10.00. The highest BCUT2D eigenvalue weighted by atomic mass is 16.5. The molecule has 8 heteroatoms. The second-order valence-electron chi connectivity index (χ2n) is 7.91. The van der Waals surface area contributed by atoms with E-state index in [2.05, 4.69) is 5.32 Å². The molecule has 0 radical (unpaired) electrons. The number of carbonyl (C=O) groups is 2. The Morgan fingerprint density at radius 1 is 1.09 bits per heavy atom. The van der Waals surface area contributed by atoms with E-state index in [9.17, 15) is 9.59 Å². The largest absolute Gasteiger partial charge is 0.493 e. The van der Waals surface area contributed by atoms with Crippen molar-refractivity contribution in [1.82, 2.24) is 5.32 Å². The Labute approximate surface area is 193 Å². The number of aryl methyl sites for hydroxylation is 1. The summed E-state index contributed by atoms with van der Waals surface area (Å²) in [6, 6.07) is 12.4. The Morgan fingerprint density at radius 3 is 2.61 bits per heavy atom. The normalized spacial score (nSPS) is 16.5. The molecule has 2 N–H and O–H groups in total. The fraction of sp³-hybridized carbons (Fsp3) is 0.440. The summed E-state index contributed by atoms with van der Waals surface area (Å²) in [7, 11) is 3.18. The number of carbonyl (C=O) groups excluding carboxylic acids is 1. The maximum atomic E-state index is 12.8. The summed E-state index contributed by atoms with van der Waals surface area (Å²) in [4.78, 5) is 23.7. The van der Waals surface area contributed by atoms with E-state index in [0.717, 1.165) is 36.9 Å². The number of nitrogens with one attached hydrogen (secondary N) is 1. The van der Waals surface area contributed by atoms with Crippen molar-refractivity contribution < 1.29 is 33.6 Å². The Kier molecular flexibility index (Phi) is 8.95. The van der Waals surface area contributed by atoms with Gasteiger partial charge in [0, 0.05) is 0 Å². The smallest absolute Gasteiger partial charge is 0.341 e. The predicted octanol–water partition coefficient (Wildman–Crippen LogP) is 3.53. The molecule has 2 aromatic carbocycles. The van der Waals surface area contributed by atoms with Gasteiger partial charge < -0.3 is 29.4 Å². The van der Waals surface area contributed by atoms with Crippen LogP contribution in [0.1, 0.15) is 42.9 Å². The Balaban J connectivity index is 1.77. The molecular weight excluding hydrogens is 426 g/mol. The number of benzene rings is 2. The molecule has 8 nitrogen and oxygen atoms in total. The summed E-state index contributed by atoms with van der Waals surface area (Å²) in [6.07, 6.45) is 3.45. The molecule has 1 heterocycles. The average molecular weight is 458 g/mol. The van der Waals surface area contributed by atoms with Gasteiger partial charge in [-0.15, -0.1) is 0 Å². The first kappa shape index (κ1) is 24.4. The van der Waals surface area contributed by atoms with Gasteiger partial charge in [-0.25, -0.2) is 4.79 Å². The van der Waals surface area contributed by atoms with Crippen molar-refractivity contribution in [3.63, 3.8) is 0 Å². The summed E-state index contributed by atoms with van der Waals surface area (Å²) >= 11 is 0. The van der Waals surface area contributed by atoms with Crippen molar-refractivity contribution in [2.45, 2.75) is 44.2 Å². The number of carboxylic acid groups (broad SMARTS) is 1. The number of hydrogen-bond acceptors (Lipinski definition) is 7. The maximum Gasteiger partial charge on any atom is 0.341 e. The Hall–Kier alpha value is -3.26. The number of piperidine rings is 1. The number of hydrogen-bond donors (Lipinski definition) is 2. The lowest BCUT2D eigenvalue weighted by Crippen LogP contribution is -2.41. The summed E-state index contributed by atoms with van der Waals surface area (Å²) in [5.74, 6) is 0.372. The number of aliphatic carboxylic acids is 1. The minimum Gasteiger partial charge on any atom is -0.493 e. The van der Waals surface area contributed by atoms with Gasteiger partial charge in [0.1, 0.15) is 17.9 Å². The second-order valence-corrected chi connectivity index (χ2v) is 7.91. The van der Waals surface area contributed by atoms with E-state index in [-0.39, 0.29) is 12.0 Å². The first-order valence-electron chi connectivity index (χ1n) is 11.1.